The van der Waals surface area contributed by atoms with Crippen molar-refractivity contribution in [1.29, 1.82) is 0 Å². The lowest BCUT2D eigenvalue weighted by Crippen LogP contribution is -2.36. The zero-order chi connectivity index (χ0) is 15.0. The Morgan fingerprint density at radius 2 is 2.10 bits per heavy atom. The lowest BCUT2D eigenvalue weighted by Gasteiger charge is -2.29. The molecule has 0 aliphatic carbocycles. The molecular weight excluding hydrogens is 292 g/mol. The maximum absolute atomic E-state index is 12.4. The molecule has 1 aliphatic heterocycles. The summed E-state index contributed by atoms with van der Waals surface area (Å²) in [7, 11) is 0. The molecule has 2 N–H and O–H groups in total. The van der Waals surface area contributed by atoms with E-state index < -0.39 is 5.56 Å². The maximum atomic E-state index is 12.4. The van der Waals surface area contributed by atoms with Crippen LogP contribution in [-0.2, 0) is 13.0 Å². The second kappa shape index (κ2) is 5.26. The van der Waals surface area contributed by atoms with E-state index in [1.807, 2.05) is 6.07 Å². The summed E-state index contributed by atoms with van der Waals surface area (Å²) in [5.41, 5.74) is 2.01. The van der Waals surface area contributed by atoms with Gasteiger partial charge in [0.15, 0.2) is 0 Å². The predicted molar refractivity (Wildman–Crippen MR) is 78.6 cm³/mol. The molecule has 2 aromatic rings. The number of aromatic nitrogens is 1. The van der Waals surface area contributed by atoms with E-state index in [2.05, 4.69) is 4.98 Å². The summed E-state index contributed by atoms with van der Waals surface area (Å²) in [6.07, 6.45) is 2.10. The average molecular weight is 305 g/mol. The van der Waals surface area contributed by atoms with Crippen molar-refractivity contribution < 1.29 is 9.90 Å². The summed E-state index contributed by atoms with van der Waals surface area (Å²) in [6, 6.07) is 6.58. The number of nitrogens with zero attached hydrogens (tertiary/aromatic N) is 1. The molecule has 0 fully saturated rings. The van der Waals surface area contributed by atoms with Crippen molar-refractivity contribution in [2.45, 2.75) is 13.0 Å². The summed E-state index contributed by atoms with van der Waals surface area (Å²) in [6.45, 7) is 1.02. The van der Waals surface area contributed by atoms with Crippen LogP contribution in [0, 0.1) is 0 Å². The van der Waals surface area contributed by atoms with Crippen LogP contribution in [0.5, 0.6) is 5.75 Å². The molecule has 0 saturated carbocycles. The Balaban J connectivity index is 1.86. The molecule has 3 rings (SSSR count). The van der Waals surface area contributed by atoms with Crippen molar-refractivity contribution in [3.8, 4) is 5.75 Å². The molecule has 0 radical (unpaired) electrons. The van der Waals surface area contributed by atoms with Gasteiger partial charge in [-0.1, -0.05) is 17.7 Å². The summed E-state index contributed by atoms with van der Waals surface area (Å²) < 4.78 is 0. The van der Waals surface area contributed by atoms with Gasteiger partial charge in [-0.25, -0.2) is 0 Å². The number of phenols is 1. The molecule has 1 aliphatic rings. The number of benzene rings is 1. The number of pyridine rings is 1. The molecule has 0 unspecified atom stereocenters. The van der Waals surface area contributed by atoms with Crippen LogP contribution in [0.25, 0.3) is 0 Å². The van der Waals surface area contributed by atoms with E-state index in [1.165, 1.54) is 12.3 Å². The van der Waals surface area contributed by atoms with Gasteiger partial charge in [-0.15, -0.1) is 0 Å². The number of amides is 1. The molecule has 1 amide bonds. The minimum Gasteiger partial charge on any atom is -0.508 e. The van der Waals surface area contributed by atoms with E-state index in [9.17, 15) is 14.7 Å². The molecule has 0 saturated heterocycles. The number of aromatic hydroxyl groups is 1. The molecule has 6 heteroatoms. The summed E-state index contributed by atoms with van der Waals surface area (Å²) in [4.78, 5) is 27.8. The number of carbonyl (C=O) groups is 1. The maximum Gasteiger partial charge on any atom is 0.266 e. The van der Waals surface area contributed by atoms with Gasteiger partial charge >= 0.3 is 0 Å². The molecule has 1 aromatic heterocycles. The molecule has 2 heterocycles. The number of carbonyl (C=O) groups excluding carboxylic acids is 1. The second-order valence-electron chi connectivity index (χ2n) is 5.00. The molecule has 0 spiro atoms. The first-order chi connectivity index (χ1) is 10.0. The van der Waals surface area contributed by atoms with Crippen molar-refractivity contribution in [2.75, 3.05) is 6.54 Å². The van der Waals surface area contributed by atoms with Crippen LogP contribution in [0.15, 0.2) is 35.3 Å². The Hall–Kier alpha value is -2.27. The molecular formula is C15H13ClN2O3. The van der Waals surface area contributed by atoms with Gasteiger partial charge in [0.2, 0.25) is 0 Å². The van der Waals surface area contributed by atoms with Gasteiger partial charge in [0.25, 0.3) is 11.5 Å². The van der Waals surface area contributed by atoms with E-state index in [4.69, 9.17) is 11.6 Å². The van der Waals surface area contributed by atoms with E-state index in [-0.39, 0.29) is 16.7 Å². The lowest BCUT2D eigenvalue weighted by atomic mass is 9.99. The Labute approximate surface area is 125 Å². The van der Waals surface area contributed by atoms with Gasteiger partial charge in [0.05, 0.1) is 5.56 Å². The van der Waals surface area contributed by atoms with E-state index in [0.29, 0.717) is 18.7 Å². The molecule has 0 atom stereocenters. The van der Waals surface area contributed by atoms with Gasteiger partial charge in [0.1, 0.15) is 10.8 Å². The smallest absolute Gasteiger partial charge is 0.266 e. The highest BCUT2D eigenvalue weighted by molar-refractivity contribution is 6.30. The number of phenolic OH excluding ortho intramolecular Hbond substituents is 1. The van der Waals surface area contributed by atoms with Crippen molar-refractivity contribution in [3.63, 3.8) is 0 Å². The van der Waals surface area contributed by atoms with Crippen LogP contribution >= 0.6 is 11.6 Å². The fourth-order valence-corrected chi connectivity index (χ4v) is 2.65. The van der Waals surface area contributed by atoms with Gasteiger partial charge in [0, 0.05) is 19.3 Å². The standard InChI is InChI=1S/C15H13ClN2O3/c16-13-6-10(7-17-14(13)20)15(21)18-4-3-9-1-2-12(19)5-11(9)8-18/h1-2,5-7,19H,3-4,8H2,(H,17,20). The topological polar surface area (TPSA) is 73.4 Å². The first-order valence-electron chi connectivity index (χ1n) is 6.53. The van der Waals surface area contributed by atoms with E-state index in [1.54, 1.807) is 17.0 Å². The lowest BCUT2D eigenvalue weighted by molar-refractivity contribution is 0.0734. The molecule has 0 bridgehead atoms. The predicted octanol–water partition coefficient (Wildman–Crippen LogP) is 1.93. The molecule has 108 valence electrons. The number of aromatic amines is 1. The number of H-pyrrole nitrogens is 1. The van der Waals surface area contributed by atoms with E-state index >= 15 is 0 Å². The number of halogens is 1. The fourth-order valence-electron chi connectivity index (χ4n) is 2.48. The van der Waals surface area contributed by atoms with Crippen LogP contribution in [-0.4, -0.2) is 27.4 Å². The third kappa shape index (κ3) is 2.64. The molecule has 5 nitrogen and oxygen atoms in total. The highest BCUT2D eigenvalue weighted by Crippen LogP contribution is 2.24. The average Bonchev–Trinajstić information content (AvgIpc) is 2.48. The van der Waals surface area contributed by atoms with Gasteiger partial charge in [-0.2, -0.15) is 0 Å². The fraction of sp³-hybridized carbons (Fsp3) is 0.200. The highest BCUT2D eigenvalue weighted by Gasteiger charge is 2.22. The quantitative estimate of drug-likeness (QED) is 0.845. The first kappa shape index (κ1) is 13.7. The third-order valence-electron chi connectivity index (χ3n) is 3.59. The number of hydrogen-bond donors (Lipinski definition) is 2. The summed E-state index contributed by atoms with van der Waals surface area (Å²) in [5, 5.41) is 9.53. The Bertz CT molecular complexity index is 770. The van der Waals surface area contributed by atoms with Crippen LogP contribution in [0.2, 0.25) is 5.02 Å². The summed E-state index contributed by atoms with van der Waals surface area (Å²) >= 11 is 5.75. The Morgan fingerprint density at radius 1 is 1.29 bits per heavy atom. The number of fused-ring (bicyclic) bond motifs is 1. The van der Waals surface area contributed by atoms with Crippen molar-refractivity contribution in [2.24, 2.45) is 0 Å². The second-order valence-corrected chi connectivity index (χ2v) is 5.40. The van der Waals surface area contributed by atoms with Crippen LogP contribution in [0.3, 0.4) is 0 Å². The van der Waals surface area contributed by atoms with Crippen molar-refractivity contribution >= 4 is 17.5 Å². The van der Waals surface area contributed by atoms with E-state index in [0.717, 1.165) is 17.5 Å². The zero-order valence-corrected chi connectivity index (χ0v) is 11.9. The highest BCUT2D eigenvalue weighted by atomic mass is 35.5. The Kier molecular flexibility index (Phi) is 3.43. The number of hydrogen-bond acceptors (Lipinski definition) is 3. The number of nitrogens with one attached hydrogen (secondary N) is 1. The minimum absolute atomic E-state index is 0.00379. The largest absolute Gasteiger partial charge is 0.508 e. The normalized spacial score (nSPS) is 13.9. The zero-order valence-electron chi connectivity index (χ0n) is 11.1. The van der Waals surface area contributed by atoms with Crippen LogP contribution in [0.1, 0.15) is 21.5 Å². The summed E-state index contributed by atoms with van der Waals surface area (Å²) in [5.74, 6) is -0.00252. The van der Waals surface area contributed by atoms with Crippen molar-refractivity contribution in [1.82, 2.24) is 9.88 Å². The minimum atomic E-state index is -0.415. The first-order valence-corrected chi connectivity index (χ1v) is 6.90. The van der Waals surface area contributed by atoms with Crippen LogP contribution in [0.4, 0.5) is 0 Å². The van der Waals surface area contributed by atoms with Gasteiger partial charge < -0.3 is 15.0 Å². The number of rotatable bonds is 1. The van der Waals surface area contributed by atoms with Crippen molar-refractivity contribution in [3.05, 3.63) is 62.5 Å². The Morgan fingerprint density at radius 3 is 2.86 bits per heavy atom. The van der Waals surface area contributed by atoms with Gasteiger partial charge in [-0.05, 0) is 35.7 Å². The van der Waals surface area contributed by atoms with Crippen LogP contribution < -0.4 is 5.56 Å². The molecule has 1 aromatic carbocycles. The third-order valence-corrected chi connectivity index (χ3v) is 3.87. The SMILES string of the molecule is O=C(c1c[nH]c(=O)c(Cl)c1)N1CCc2ccc(O)cc2C1. The van der Waals surface area contributed by atoms with Gasteiger partial charge in [-0.3, -0.25) is 9.59 Å². The monoisotopic (exact) mass is 304 g/mol. The molecule has 21 heavy (non-hydrogen) atoms.